The molecule has 1 heterocycles. The lowest BCUT2D eigenvalue weighted by Crippen LogP contribution is -2.50. The maximum absolute atomic E-state index is 13.7. The molecule has 3 rings (SSSR count). The van der Waals surface area contributed by atoms with Crippen LogP contribution in [0.25, 0.3) is 0 Å². The van der Waals surface area contributed by atoms with Gasteiger partial charge in [0.1, 0.15) is 23.3 Å². The first-order valence-corrected chi connectivity index (χ1v) is 11.2. The Balaban J connectivity index is 1.78. The third-order valence-corrected chi connectivity index (χ3v) is 5.30. The highest BCUT2D eigenvalue weighted by Crippen LogP contribution is 2.22. The van der Waals surface area contributed by atoms with Gasteiger partial charge in [-0.2, -0.15) is 0 Å². The Morgan fingerprint density at radius 1 is 1.09 bits per heavy atom. The molecule has 0 unspecified atom stereocenters. The summed E-state index contributed by atoms with van der Waals surface area (Å²) >= 11 is 0. The molecule has 9 heteroatoms. The third-order valence-electron chi connectivity index (χ3n) is 5.30. The molecule has 2 aromatic carbocycles. The summed E-state index contributed by atoms with van der Waals surface area (Å²) in [6.45, 7) is 8.02. The molecule has 1 saturated heterocycles. The van der Waals surface area contributed by atoms with E-state index in [4.69, 9.17) is 9.47 Å². The van der Waals surface area contributed by atoms with Crippen molar-refractivity contribution in [3.8, 4) is 0 Å². The number of anilines is 2. The van der Waals surface area contributed by atoms with Crippen molar-refractivity contribution in [1.82, 2.24) is 5.32 Å². The van der Waals surface area contributed by atoms with Crippen molar-refractivity contribution in [2.75, 3.05) is 43.2 Å². The Morgan fingerprint density at radius 3 is 2.24 bits per heavy atom. The summed E-state index contributed by atoms with van der Waals surface area (Å²) in [6.07, 6.45) is -0.901. The minimum absolute atomic E-state index is 0.108. The molecule has 1 fully saturated rings. The van der Waals surface area contributed by atoms with Gasteiger partial charge in [-0.3, -0.25) is 4.79 Å². The van der Waals surface area contributed by atoms with E-state index in [1.165, 1.54) is 4.90 Å². The number of carbonyl (C=O) groups excluding carboxylic acids is 2. The van der Waals surface area contributed by atoms with E-state index in [1.54, 1.807) is 27.8 Å². The van der Waals surface area contributed by atoms with Crippen LogP contribution in [0.15, 0.2) is 42.5 Å². The van der Waals surface area contributed by atoms with Crippen molar-refractivity contribution < 1.29 is 27.8 Å². The molecule has 7 nitrogen and oxygen atoms in total. The van der Waals surface area contributed by atoms with Crippen LogP contribution in [0.2, 0.25) is 0 Å². The van der Waals surface area contributed by atoms with Crippen LogP contribution in [0, 0.1) is 11.6 Å². The smallest absolute Gasteiger partial charge is 0.408 e. The van der Waals surface area contributed by atoms with E-state index in [2.05, 4.69) is 10.2 Å². The van der Waals surface area contributed by atoms with Gasteiger partial charge in [0, 0.05) is 44.0 Å². The lowest BCUT2D eigenvalue weighted by atomic mass is 10.0. The van der Waals surface area contributed by atoms with Crippen LogP contribution in [0.4, 0.5) is 25.0 Å². The van der Waals surface area contributed by atoms with Gasteiger partial charge in [0.2, 0.25) is 5.91 Å². The zero-order chi connectivity index (χ0) is 24.9. The van der Waals surface area contributed by atoms with Gasteiger partial charge in [-0.25, -0.2) is 13.6 Å². The first kappa shape index (κ1) is 25.4. The van der Waals surface area contributed by atoms with Crippen LogP contribution < -0.4 is 15.1 Å². The number of nitrogens with zero attached hydrogens (tertiary/aromatic N) is 2. The largest absolute Gasteiger partial charge is 0.444 e. The average Bonchev–Trinajstić information content (AvgIpc) is 2.76. The van der Waals surface area contributed by atoms with Gasteiger partial charge in [-0.15, -0.1) is 0 Å². The van der Waals surface area contributed by atoms with Gasteiger partial charge in [0.05, 0.1) is 13.2 Å². The predicted octanol–water partition coefficient (Wildman–Crippen LogP) is 3.90. The molecular weight excluding hydrogens is 444 g/mol. The Labute approximate surface area is 198 Å². The van der Waals surface area contributed by atoms with E-state index in [9.17, 15) is 18.4 Å². The van der Waals surface area contributed by atoms with Gasteiger partial charge in [-0.05, 0) is 62.7 Å². The fourth-order valence-corrected chi connectivity index (χ4v) is 3.68. The number of nitrogens with one attached hydrogen (secondary N) is 1. The van der Waals surface area contributed by atoms with Gasteiger partial charge in [-0.1, -0.05) is 0 Å². The summed E-state index contributed by atoms with van der Waals surface area (Å²) in [5.74, 6) is -1.97. The van der Waals surface area contributed by atoms with E-state index in [-0.39, 0.29) is 12.0 Å². The summed E-state index contributed by atoms with van der Waals surface area (Å²) in [6, 6.07) is 9.40. The minimum atomic E-state index is -1.10. The van der Waals surface area contributed by atoms with E-state index in [0.717, 1.165) is 37.0 Å². The van der Waals surface area contributed by atoms with Crippen LogP contribution in [0.1, 0.15) is 26.3 Å². The molecular formula is C25H31F2N3O4. The molecule has 2 aromatic rings. The molecule has 1 aliphatic rings. The van der Waals surface area contributed by atoms with E-state index >= 15 is 0 Å². The summed E-state index contributed by atoms with van der Waals surface area (Å²) in [4.78, 5) is 29.4. The Hall–Kier alpha value is -3.20. The molecule has 1 N–H and O–H groups in total. The minimum Gasteiger partial charge on any atom is -0.444 e. The number of alkyl carbamates (subject to hydrolysis) is 1. The molecule has 0 aromatic heterocycles. The molecule has 1 aliphatic heterocycles. The van der Waals surface area contributed by atoms with Crippen molar-refractivity contribution in [2.45, 2.75) is 38.8 Å². The summed E-state index contributed by atoms with van der Waals surface area (Å²) < 4.78 is 38.1. The van der Waals surface area contributed by atoms with Crippen LogP contribution in [-0.2, 0) is 20.7 Å². The van der Waals surface area contributed by atoms with Crippen LogP contribution in [0.3, 0.4) is 0 Å². The molecule has 1 atom stereocenters. The molecule has 0 aliphatic carbocycles. The fourth-order valence-electron chi connectivity index (χ4n) is 3.68. The van der Waals surface area contributed by atoms with Crippen molar-refractivity contribution in [3.63, 3.8) is 0 Å². The molecule has 0 bridgehead atoms. The van der Waals surface area contributed by atoms with Gasteiger partial charge in [0.15, 0.2) is 0 Å². The molecule has 0 saturated carbocycles. The van der Waals surface area contributed by atoms with Gasteiger partial charge < -0.3 is 24.6 Å². The van der Waals surface area contributed by atoms with Crippen molar-refractivity contribution in [2.24, 2.45) is 0 Å². The number of amides is 2. The van der Waals surface area contributed by atoms with Crippen LogP contribution in [-0.4, -0.2) is 57.0 Å². The molecule has 0 radical (unpaired) electrons. The number of hydrogen-bond donors (Lipinski definition) is 1. The lowest BCUT2D eigenvalue weighted by Gasteiger charge is -2.30. The van der Waals surface area contributed by atoms with Gasteiger partial charge >= 0.3 is 6.09 Å². The number of rotatable bonds is 6. The number of morpholine rings is 1. The first-order chi connectivity index (χ1) is 16.0. The van der Waals surface area contributed by atoms with Crippen LogP contribution in [0.5, 0.6) is 0 Å². The highest BCUT2D eigenvalue weighted by atomic mass is 19.1. The molecule has 0 spiro atoms. The summed E-state index contributed by atoms with van der Waals surface area (Å²) in [5, 5.41) is 2.56. The summed E-state index contributed by atoms with van der Waals surface area (Å²) in [7, 11) is 1.59. The first-order valence-electron chi connectivity index (χ1n) is 11.2. The van der Waals surface area contributed by atoms with Crippen molar-refractivity contribution in [3.05, 3.63) is 59.7 Å². The number of ether oxygens (including phenoxy) is 2. The maximum Gasteiger partial charge on any atom is 0.408 e. The number of halogens is 2. The SMILES string of the molecule is CN(C(=O)[C@H](Cc1cc(F)cc(F)c1)NC(=O)OC(C)(C)C)c1ccc(N2CCOCC2)cc1. The second-order valence-electron chi connectivity index (χ2n) is 9.19. The standard InChI is InChI=1S/C25H31F2N3O4/c1-25(2,3)34-24(32)28-22(15-17-13-18(26)16-19(27)14-17)23(31)29(4)20-5-7-21(8-6-20)30-9-11-33-12-10-30/h5-8,13-14,16,22H,9-12,15H2,1-4H3,(H,28,32)/t22-/m0/s1. The van der Waals surface area contributed by atoms with E-state index in [1.807, 2.05) is 24.3 Å². The average molecular weight is 476 g/mol. The Bertz CT molecular complexity index is 982. The Kier molecular flexibility index (Phi) is 8.09. The highest BCUT2D eigenvalue weighted by Gasteiger charge is 2.28. The van der Waals surface area contributed by atoms with E-state index in [0.29, 0.717) is 18.9 Å². The second kappa shape index (κ2) is 10.8. The van der Waals surface area contributed by atoms with Crippen LogP contribution >= 0.6 is 0 Å². The Morgan fingerprint density at radius 2 is 1.68 bits per heavy atom. The fraction of sp³-hybridized carbons (Fsp3) is 0.440. The molecule has 184 valence electrons. The summed E-state index contributed by atoms with van der Waals surface area (Å²) in [5.41, 5.74) is 1.10. The normalized spacial score (nSPS) is 14.9. The molecule has 34 heavy (non-hydrogen) atoms. The topological polar surface area (TPSA) is 71.1 Å². The molecule has 2 amide bonds. The number of carbonyl (C=O) groups is 2. The zero-order valence-corrected chi connectivity index (χ0v) is 19.9. The monoisotopic (exact) mass is 475 g/mol. The zero-order valence-electron chi connectivity index (χ0n) is 19.9. The van der Waals surface area contributed by atoms with Crippen molar-refractivity contribution in [1.29, 1.82) is 0 Å². The predicted molar refractivity (Wildman–Crippen MR) is 126 cm³/mol. The third kappa shape index (κ3) is 7.15. The number of hydrogen-bond acceptors (Lipinski definition) is 5. The second-order valence-corrected chi connectivity index (χ2v) is 9.19. The highest BCUT2D eigenvalue weighted by molar-refractivity contribution is 5.98. The van der Waals surface area contributed by atoms with Gasteiger partial charge in [0.25, 0.3) is 0 Å². The van der Waals surface area contributed by atoms with Crippen molar-refractivity contribution >= 4 is 23.4 Å². The maximum atomic E-state index is 13.7. The quantitative estimate of drug-likeness (QED) is 0.686. The number of benzene rings is 2. The van der Waals surface area contributed by atoms with E-state index < -0.39 is 35.3 Å². The lowest BCUT2D eigenvalue weighted by molar-refractivity contribution is -0.120. The number of likely N-dealkylation sites (N-methyl/N-ethyl adjacent to an activating group) is 1.